The Balaban J connectivity index is 1.48. The molecule has 4 unspecified atom stereocenters. The van der Waals surface area contributed by atoms with E-state index >= 15 is 0 Å². The minimum Gasteiger partial charge on any atom is -0.459 e. The molecule has 3 N–H and O–H groups in total. The molecular formula is C36H44O12. The van der Waals surface area contributed by atoms with Gasteiger partial charge < -0.3 is 43.7 Å². The Morgan fingerprint density at radius 2 is 0.833 bits per heavy atom. The Bertz CT molecular complexity index is 1270. The molecule has 0 bridgehead atoms. The molecule has 12 nitrogen and oxygen atoms in total. The van der Waals surface area contributed by atoms with Crippen LogP contribution in [0.1, 0.15) is 44.4 Å². The van der Waals surface area contributed by atoms with Crippen molar-refractivity contribution in [1.82, 2.24) is 0 Å². The van der Waals surface area contributed by atoms with Crippen LogP contribution in [0.25, 0.3) is 0 Å². The quantitative estimate of drug-likeness (QED) is 0.106. The van der Waals surface area contributed by atoms with Gasteiger partial charge in [-0.05, 0) is 42.8 Å². The molecule has 48 heavy (non-hydrogen) atoms. The summed E-state index contributed by atoms with van der Waals surface area (Å²) in [5.41, 5.74) is 1.08. The van der Waals surface area contributed by atoms with Crippen molar-refractivity contribution >= 4 is 17.9 Å². The highest BCUT2D eigenvalue weighted by Gasteiger charge is 2.25. The number of carbonyl (C=O) groups is 3. The zero-order valence-electron chi connectivity index (χ0n) is 26.9. The predicted octanol–water partition coefficient (Wildman–Crippen LogP) is 3.08. The summed E-state index contributed by atoms with van der Waals surface area (Å²) >= 11 is 0. The van der Waals surface area contributed by atoms with Crippen LogP contribution in [-0.2, 0) is 28.4 Å². The Kier molecular flexibility index (Phi) is 17.3. The first-order chi connectivity index (χ1) is 23.3. The number of hydrogen-bond acceptors (Lipinski definition) is 12. The molecule has 260 valence electrons. The molecule has 0 spiro atoms. The monoisotopic (exact) mass is 668 g/mol. The molecule has 3 rings (SSSR count). The predicted molar refractivity (Wildman–Crippen MR) is 173 cm³/mol. The molecule has 0 heterocycles. The maximum atomic E-state index is 12.2. The van der Waals surface area contributed by atoms with Crippen LogP contribution in [0.3, 0.4) is 0 Å². The minimum atomic E-state index is -1.10. The second-order valence-corrected chi connectivity index (χ2v) is 11.0. The van der Waals surface area contributed by atoms with E-state index in [0.717, 1.165) is 0 Å². The fourth-order valence-electron chi connectivity index (χ4n) is 4.43. The third kappa shape index (κ3) is 14.3. The van der Waals surface area contributed by atoms with Crippen molar-refractivity contribution in [2.75, 3.05) is 52.9 Å². The number of rotatable bonds is 22. The summed E-state index contributed by atoms with van der Waals surface area (Å²) in [6.07, 6.45) is -3.30. The normalized spacial score (nSPS) is 14.2. The fraction of sp³-hybridized carbons (Fsp3) is 0.417. The average molecular weight is 669 g/mol. The van der Waals surface area contributed by atoms with Crippen molar-refractivity contribution in [3.05, 3.63) is 108 Å². The molecule has 0 aromatic heterocycles. The van der Waals surface area contributed by atoms with Crippen LogP contribution in [0.5, 0.6) is 0 Å². The Morgan fingerprint density at radius 3 is 1.17 bits per heavy atom. The van der Waals surface area contributed by atoms with Gasteiger partial charge in [-0.2, -0.15) is 0 Å². The SMILES string of the molecule is CCC(OCC(O)COC(=O)c1ccccc1)C(COCC(O)COC(=O)c1ccccc1)COCC(O)COC(=O)c1ccccc1. The first-order valence-electron chi connectivity index (χ1n) is 15.7. The fourth-order valence-corrected chi connectivity index (χ4v) is 4.43. The summed E-state index contributed by atoms with van der Waals surface area (Å²) in [5, 5.41) is 31.1. The van der Waals surface area contributed by atoms with E-state index in [1.807, 2.05) is 6.92 Å². The van der Waals surface area contributed by atoms with E-state index in [-0.39, 0.29) is 52.9 Å². The van der Waals surface area contributed by atoms with Crippen LogP contribution in [0.2, 0.25) is 0 Å². The van der Waals surface area contributed by atoms with Crippen molar-refractivity contribution in [3.8, 4) is 0 Å². The lowest BCUT2D eigenvalue weighted by Gasteiger charge is -2.28. The summed E-state index contributed by atoms with van der Waals surface area (Å²) in [6, 6.07) is 25.2. The van der Waals surface area contributed by atoms with E-state index in [0.29, 0.717) is 23.1 Å². The van der Waals surface area contributed by atoms with Crippen LogP contribution in [0.15, 0.2) is 91.0 Å². The molecular weight excluding hydrogens is 624 g/mol. The van der Waals surface area contributed by atoms with Gasteiger partial charge in [-0.3, -0.25) is 0 Å². The highest BCUT2D eigenvalue weighted by molar-refractivity contribution is 5.90. The van der Waals surface area contributed by atoms with E-state index in [1.54, 1.807) is 91.0 Å². The van der Waals surface area contributed by atoms with Crippen LogP contribution in [0.4, 0.5) is 0 Å². The van der Waals surface area contributed by atoms with Crippen LogP contribution in [-0.4, -0.2) is 110 Å². The van der Waals surface area contributed by atoms with Gasteiger partial charge in [0, 0.05) is 5.92 Å². The van der Waals surface area contributed by atoms with Gasteiger partial charge >= 0.3 is 17.9 Å². The standard InChI is InChI=1S/C36H44O12/c1-2-33(45-22-32(39)25-48-36(42)28-16-10-5-11-17-28)29(18-43-20-30(37)23-46-34(40)26-12-6-3-7-13-26)19-44-21-31(38)24-47-35(41)27-14-8-4-9-15-27/h3-17,29-33,37-39H,2,18-25H2,1H3. The Hall–Kier alpha value is -4.17. The van der Waals surface area contributed by atoms with Gasteiger partial charge in [0.15, 0.2) is 0 Å². The average Bonchev–Trinajstić information content (AvgIpc) is 3.12. The third-order valence-electron chi connectivity index (χ3n) is 6.96. The number of carbonyl (C=O) groups excluding carboxylic acids is 3. The molecule has 0 amide bonds. The maximum Gasteiger partial charge on any atom is 0.338 e. The molecule has 12 heteroatoms. The molecule has 0 saturated carbocycles. The number of hydrogen-bond donors (Lipinski definition) is 3. The lowest BCUT2D eigenvalue weighted by molar-refractivity contribution is -0.0987. The van der Waals surface area contributed by atoms with Gasteiger partial charge in [0.05, 0.1) is 55.8 Å². The van der Waals surface area contributed by atoms with Crippen molar-refractivity contribution in [3.63, 3.8) is 0 Å². The van der Waals surface area contributed by atoms with Crippen molar-refractivity contribution < 1.29 is 58.1 Å². The molecule has 3 aromatic carbocycles. The topological polar surface area (TPSA) is 167 Å². The van der Waals surface area contributed by atoms with Crippen molar-refractivity contribution in [2.45, 2.75) is 37.8 Å². The molecule has 0 aliphatic carbocycles. The number of esters is 3. The van der Waals surface area contributed by atoms with E-state index < -0.39 is 48.2 Å². The van der Waals surface area contributed by atoms with Crippen LogP contribution >= 0.6 is 0 Å². The minimum absolute atomic E-state index is 0.0559. The van der Waals surface area contributed by atoms with Crippen molar-refractivity contribution in [2.24, 2.45) is 5.92 Å². The number of ether oxygens (including phenoxy) is 6. The van der Waals surface area contributed by atoms with Gasteiger partial charge in [0.2, 0.25) is 0 Å². The first kappa shape index (κ1) is 38.3. The molecule has 0 fully saturated rings. The van der Waals surface area contributed by atoms with E-state index in [1.165, 1.54) is 0 Å². The van der Waals surface area contributed by atoms with Crippen LogP contribution < -0.4 is 0 Å². The molecule has 0 saturated heterocycles. The van der Waals surface area contributed by atoms with Gasteiger partial charge in [0.1, 0.15) is 38.1 Å². The summed E-state index contributed by atoms with van der Waals surface area (Å²) in [7, 11) is 0. The summed E-state index contributed by atoms with van der Waals surface area (Å²) in [5.74, 6) is -2.13. The smallest absolute Gasteiger partial charge is 0.338 e. The first-order valence-corrected chi connectivity index (χ1v) is 15.7. The zero-order valence-corrected chi connectivity index (χ0v) is 26.9. The van der Waals surface area contributed by atoms with E-state index in [4.69, 9.17) is 28.4 Å². The lowest BCUT2D eigenvalue weighted by atomic mass is 10.0. The van der Waals surface area contributed by atoms with Gasteiger partial charge in [-0.25, -0.2) is 14.4 Å². The molecule has 0 radical (unpaired) electrons. The largest absolute Gasteiger partial charge is 0.459 e. The third-order valence-corrected chi connectivity index (χ3v) is 6.96. The lowest BCUT2D eigenvalue weighted by Crippen LogP contribution is -2.36. The Morgan fingerprint density at radius 1 is 0.500 bits per heavy atom. The molecule has 3 aromatic rings. The van der Waals surface area contributed by atoms with Crippen LogP contribution in [0, 0.1) is 5.92 Å². The molecule has 0 aliphatic heterocycles. The number of aliphatic hydroxyl groups is 3. The summed E-state index contributed by atoms with van der Waals surface area (Å²) in [4.78, 5) is 36.5. The number of aliphatic hydroxyl groups excluding tert-OH is 3. The van der Waals surface area contributed by atoms with E-state index in [2.05, 4.69) is 0 Å². The van der Waals surface area contributed by atoms with E-state index in [9.17, 15) is 29.7 Å². The van der Waals surface area contributed by atoms with Gasteiger partial charge in [-0.1, -0.05) is 61.5 Å². The summed E-state index contributed by atoms with van der Waals surface area (Å²) in [6.45, 7) is 0.720. The highest BCUT2D eigenvalue weighted by Crippen LogP contribution is 2.16. The van der Waals surface area contributed by atoms with Crippen molar-refractivity contribution in [1.29, 1.82) is 0 Å². The summed E-state index contributed by atoms with van der Waals surface area (Å²) < 4.78 is 32.9. The Labute approximate surface area is 280 Å². The zero-order chi connectivity index (χ0) is 34.6. The second kappa shape index (κ2) is 21.7. The van der Waals surface area contributed by atoms with Gasteiger partial charge in [0.25, 0.3) is 0 Å². The highest BCUT2D eigenvalue weighted by atomic mass is 16.6. The molecule has 0 aliphatic rings. The van der Waals surface area contributed by atoms with Gasteiger partial charge in [-0.15, -0.1) is 0 Å². The maximum absolute atomic E-state index is 12.2. The second-order valence-electron chi connectivity index (χ2n) is 11.0. The molecule has 4 atom stereocenters. The number of benzene rings is 3.